The zero-order valence-corrected chi connectivity index (χ0v) is 15.8. The minimum Gasteiger partial charge on any atom is -0.386 e. The largest absolute Gasteiger partial charge is 0.386 e. The summed E-state index contributed by atoms with van der Waals surface area (Å²) in [7, 11) is 1.71. The van der Waals surface area contributed by atoms with Gasteiger partial charge in [-0.1, -0.05) is 24.6 Å². The number of aromatic nitrogens is 2. The molecule has 0 fully saturated rings. The lowest BCUT2D eigenvalue weighted by atomic mass is 10.1. The summed E-state index contributed by atoms with van der Waals surface area (Å²) in [5, 5.41) is 5.69. The summed E-state index contributed by atoms with van der Waals surface area (Å²) >= 11 is 5.85. The summed E-state index contributed by atoms with van der Waals surface area (Å²) < 4.78 is 13.2. The standard InChI is InChI=1S/C11H10ClN.C10H11FN2/c1-2-8-3-4-11-9(5-8)6-10(12)7-13-11;1-6-5-13-9-4-8(11)10(12-2)3-7(6)9/h3-7H,2H2,1H3;3-5,12-13H,1-2H3. The topological polar surface area (TPSA) is 40.7 Å². The maximum atomic E-state index is 13.2. The number of H-pyrrole nitrogens is 1. The Balaban J connectivity index is 0.000000151. The van der Waals surface area contributed by atoms with Crippen molar-refractivity contribution in [2.75, 3.05) is 12.4 Å². The van der Waals surface area contributed by atoms with E-state index in [0.29, 0.717) is 10.7 Å². The number of hydrogen-bond donors (Lipinski definition) is 2. The van der Waals surface area contributed by atoms with Crippen molar-refractivity contribution >= 4 is 39.1 Å². The lowest BCUT2D eigenvalue weighted by molar-refractivity contribution is 0.633. The zero-order valence-electron chi connectivity index (χ0n) is 15.0. The fourth-order valence-electron chi connectivity index (χ4n) is 2.85. The minimum absolute atomic E-state index is 0.225. The Hall–Kier alpha value is -2.59. The Bertz CT molecular complexity index is 1060. The van der Waals surface area contributed by atoms with E-state index in [1.807, 2.05) is 31.3 Å². The van der Waals surface area contributed by atoms with E-state index < -0.39 is 0 Å². The molecule has 0 saturated carbocycles. The van der Waals surface area contributed by atoms with Crippen molar-refractivity contribution in [1.82, 2.24) is 9.97 Å². The zero-order chi connectivity index (χ0) is 18.7. The SMILES string of the molecule is CCc1ccc2ncc(Cl)cc2c1.CNc1cc2c(C)c[nH]c2cc1F. The van der Waals surface area contributed by atoms with Crippen molar-refractivity contribution in [3.05, 3.63) is 70.8 Å². The second kappa shape index (κ2) is 7.75. The minimum atomic E-state index is -0.225. The first-order valence-electron chi connectivity index (χ1n) is 8.51. The molecular weight excluding hydrogens is 349 g/mol. The Morgan fingerprint density at radius 2 is 2.00 bits per heavy atom. The Labute approximate surface area is 157 Å². The molecular formula is C21H21ClFN3. The Kier molecular flexibility index (Phi) is 5.43. The van der Waals surface area contributed by atoms with Gasteiger partial charge in [-0.25, -0.2) is 4.39 Å². The average Bonchev–Trinajstić information content (AvgIpc) is 3.00. The summed E-state index contributed by atoms with van der Waals surface area (Å²) in [5.41, 5.74) is 4.83. The number of fused-ring (bicyclic) bond motifs is 2. The Morgan fingerprint density at radius 3 is 2.73 bits per heavy atom. The van der Waals surface area contributed by atoms with Crippen LogP contribution in [0.1, 0.15) is 18.1 Å². The van der Waals surface area contributed by atoms with Crippen LogP contribution in [0.4, 0.5) is 10.1 Å². The number of aromatic amines is 1. The molecule has 2 heterocycles. The Morgan fingerprint density at radius 1 is 1.19 bits per heavy atom. The highest BCUT2D eigenvalue weighted by atomic mass is 35.5. The number of anilines is 1. The second-order valence-electron chi connectivity index (χ2n) is 6.13. The summed E-state index contributed by atoms with van der Waals surface area (Å²) in [5.74, 6) is -0.225. The van der Waals surface area contributed by atoms with Crippen LogP contribution in [-0.2, 0) is 6.42 Å². The molecule has 0 atom stereocenters. The van der Waals surface area contributed by atoms with Crippen LogP contribution in [0.2, 0.25) is 5.02 Å². The number of pyridine rings is 1. The van der Waals surface area contributed by atoms with Crippen molar-refractivity contribution in [2.45, 2.75) is 20.3 Å². The molecule has 134 valence electrons. The molecule has 2 N–H and O–H groups in total. The van der Waals surface area contributed by atoms with Crippen LogP contribution in [0.25, 0.3) is 21.8 Å². The number of hydrogen-bond acceptors (Lipinski definition) is 2. The number of benzene rings is 2. The highest BCUT2D eigenvalue weighted by Gasteiger charge is 2.05. The van der Waals surface area contributed by atoms with Crippen LogP contribution in [0.5, 0.6) is 0 Å². The predicted molar refractivity (Wildman–Crippen MR) is 109 cm³/mol. The van der Waals surface area contributed by atoms with Gasteiger partial charge in [0, 0.05) is 41.8 Å². The molecule has 0 aliphatic carbocycles. The van der Waals surface area contributed by atoms with E-state index in [9.17, 15) is 4.39 Å². The summed E-state index contributed by atoms with van der Waals surface area (Å²) in [6.07, 6.45) is 4.60. The molecule has 4 aromatic rings. The molecule has 0 spiro atoms. The van der Waals surface area contributed by atoms with Crippen LogP contribution in [0.15, 0.2) is 48.8 Å². The number of nitrogens with zero attached hydrogens (tertiary/aromatic N) is 1. The van der Waals surface area contributed by atoms with Crippen LogP contribution in [0, 0.1) is 12.7 Å². The summed E-state index contributed by atoms with van der Waals surface area (Å²) in [4.78, 5) is 7.24. The van der Waals surface area contributed by atoms with Crippen LogP contribution in [0.3, 0.4) is 0 Å². The van der Waals surface area contributed by atoms with Gasteiger partial charge in [0.05, 0.1) is 16.2 Å². The number of nitrogens with one attached hydrogen (secondary N) is 2. The normalized spacial score (nSPS) is 10.7. The van der Waals surface area contributed by atoms with E-state index in [1.54, 1.807) is 13.2 Å². The van der Waals surface area contributed by atoms with E-state index in [0.717, 1.165) is 33.8 Å². The fourth-order valence-corrected chi connectivity index (χ4v) is 3.01. The molecule has 2 aromatic heterocycles. The molecule has 0 unspecified atom stereocenters. The van der Waals surface area contributed by atoms with Gasteiger partial charge in [-0.2, -0.15) is 0 Å². The van der Waals surface area contributed by atoms with Gasteiger partial charge in [-0.15, -0.1) is 0 Å². The van der Waals surface area contributed by atoms with Crippen molar-refractivity contribution in [3.63, 3.8) is 0 Å². The molecule has 26 heavy (non-hydrogen) atoms. The lowest BCUT2D eigenvalue weighted by Gasteiger charge is -2.02. The van der Waals surface area contributed by atoms with Crippen LogP contribution < -0.4 is 5.32 Å². The van der Waals surface area contributed by atoms with E-state index >= 15 is 0 Å². The number of rotatable bonds is 2. The quantitative estimate of drug-likeness (QED) is 0.447. The molecule has 0 radical (unpaired) electrons. The van der Waals surface area contributed by atoms with Crippen molar-refractivity contribution in [2.24, 2.45) is 0 Å². The molecule has 4 rings (SSSR count). The van der Waals surface area contributed by atoms with E-state index in [4.69, 9.17) is 11.6 Å². The van der Waals surface area contributed by atoms with Crippen LogP contribution in [-0.4, -0.2) is 17.0 Å². The van der Waals surface area contributed by atoms with Crippen molar-refractivity contribution in [1.29, 1.82) is 0 Å². The smallest absolute Gasteiger partial charge is 0.148 e. The lowest BCUT2D eigenvalue weighted by Crippen LogP contribution is -1.91. The predicted octanol–water partition coefficient (Wildman–Crippen LogP) is 6.11. The highest BCUT2D eigenvalue weighted by Crippen LogP contribution is 2.24. The average molecular weight is 370 g/mol. The number of halogens is 2. The third-order valence-corrected chi connectivity index (χ3v) is 4.57. The van der Waals surface area contributed by atoms with E-state index in [1.165, 1.54) is 11.6 Å². The van der Waals surface area contributed by atoms with Gasteiger partial charge in [0.25, 0.3) is 0 Å². The van der Waals surface area contributed by atoms with Gasteiger partial charge in [0.1, 0.15) is 5.82 Å². The van der Waals surface area contributed by atoms with E-state index in [-0.39, 0.29) is 5.82 Å². The third-order valence-electron chi connectivity index (χ3n) is 4.37. The molecule has 0 bridgehead atoms. The van der Waals surface area contributed by atoms with Gasteiger partial charge in [0.2, 0.25) is 0 Å². The fraction of sp³-hybridized carbons (Fsp3) is 0.190. The van der Waals surface area contributed by atoms with Crippen molar-refractivity contribution in [3.8, 4) is 0 Å². The maximum Gasteiger partial charge on any atom is 0.148 e. The molecule has 2 aromatic carbocycles. The van der Waals surface area contributed by atoms with E-state index in [2.05, 4.69) is 34.3 Å². The number of aryl methyl sites for hydroxylation is 2. The first-order valence-corrected chi connectivity index (χ1v) is 8.88. The highest BCUT2D eigenvalue weighted by molar-refractivity contribution is 6.31. The van der Waals surface area contributed by atoms with Gasteiger partial charge in [-0.3, -0.25) is 4.98 Å². The van der Waals surface area contributed by atoms with Gasteiger partial charge >= 0.3 is 0 Å². The molecule has 0 amide bonds. The van der Waals surface area contributed by atoms with Gasteiger partial charge in [0.15, 0.2) is 0 Å². The first kappa shape index (κ1) is 18.2. The summed E-state index contributed by atoms with van der Waals surface area (Å²) in [6.45, 7) is 4.13. The molecule has 0 aliphatic rings. The molecule has 0 aliphatic heterocycles. The second-order valence-corrected chi connectivity index (χ2v) is 6.57. The maximum absolute atomic E-state index is 13.2. The van der Waals surface area contributed by atoms with Gasteiger partial charge < -0.3 is 10.3 Å². The molecule has 5 heteroatoms. The van der Waals surface area contributed by atoms with Crippen LogP contribution >= 0.6 is 11.6 Å². The third kappa shape index (κ3) is 3.81. The first-order chi connectivity index (χ1) is 12.5. The monoisotopic (exact) mass is 369 g/mol. The molecule has 0 saturated heterocycles. The summed E-state index contributed by atoms with van der Waals surface area (Å²) in [6, 6.07) is 11.5. The van der Waals surface area contributed by atoms with Gasteiger partial charge in [-0.05, 0) is 48.7 Å². The van der Waals surface area contributed by atoms with Crippen molar-refractivity contribution < 1.29 is 4.39 Å². The molecule has 3 nitrogen and oxygen atoms in total.